The van der Waals surface area contributed by atoms with Crippen LogP contribution in [0.1, 0.15) is 53.6 Å². The van der Waals surface area contributed by atoms with Crippen molar-refractivity contribution in [1.82, 2.24) is 0 Å². The summed E-state index contributed by atoms with van der Waals surface area (Å²) in [7, 11) is 0. The van der Waals surface area contributed by atoms with Crippen molar-refractivity contribution < 1.29 is 0 Å². The van der Waals surface area contributed by atoms with Gasteiger partial charge in [0.25, 0.3) is 0 Å². The third kappa shape index (κ3) is 5.29. The Morgan fingerprint density at radius 3 is 2.70 bits per heavy atom. The van der Waals surface area contributed by atoms with Crippen LogP contribution in [-0.2, 0) is 19.3 Å². The Bertz CT molecular complexity index is 889. The van der Waals surface area contributed by atoms with Gasteiger partial charge in [-0.2, -0.15) is 0 Å². The zero-order valence-corrected chi connectivity index (χ0v) is 19.8. The molecule has 0 atom stereocenters. The minimum Gasteiger partial charge on any atom is -0.0984 e. The lowest BCUT2D eigenvalue weighted by molar-refractivity contribution is 0.315. The van der Waals surface area contributed by atoms with Crippen molar-refractivity contribution in [2.45, 2.75) is 53.4 Å². The predicted molar refractivity (Wildman–Crippen MR) is 130 cm³/mol. The second-order valence-electron chi connectivity index (χ2n) is 8.47. The fourth-order valence-electron chi connectivity index (χ4n) is 3.72. The summed E-state index contributed by atoms with van der Waals surface area (Å²) in [4.78, 5) is 1.13. The van der Waals surface area contributed by atoms with E-state index in [4.69, 9.17) is 0 Å². The summed E-state index contributed by atoms with van der Waals surface area (Å²) in [6, 6.07) is 11.5. The van der Waals surface area contributed by atoms with E-state index >= 15 is 0 Å². The molecule has 0 nitrogen and oxygen atoms in total. The highest BCUT2D eigenvalue weighted by Crippen LogP contribution is 2.37. The van der Waals surface area contributed by atoms with Gasteiger partial charge in [0.1, 0.15) is 0 Å². The van der Waals surface area contributed by atoms with E-state index in [0.717, 1.165) is 11.3 Å². The van der Waals surface area contributed by atoms with E-state index < -0.39 is 0 Å². The van der Waals surface area contributed by atoms with Crippen molar-refractivity contribution in [3.05, 3.63) is 85.3 Å². The summed E-state index contributed by atoms with van der Waals surface area (Å²) >= 11 is 4.15. The minimum absolute atomic E-state index is 0.420. The Morgan fingerprint density at radius 2 is 1.93 bits per heavy atom. The van der Waals surface area contributed by atoms with Crippen molar-refractivity contribution in [2.24, 2.45) is 5.41 Å². The summed E-state index contributed by atoms with van der Waals surface area (Å²) < 4.78 is 1.34. The highest BCUT2D eigenvalue weighted by atomic mass is 127. The lowest BCUT2D eigenvalue weighted by Gasteiger charge is -2.31. The molecule has 3 rings (SSSR count). The molecule has 27 heavy (non-hydrogen) atoms. The molecule has 0 amide bonds. The van der Waals surface area contributed by atoms with E-state index in [2.05, 4.69) is 98.7 Å². The summed E-state index contributed by atoms with van der Waals surface area (Å²) in [6.45, 7) is 13.4. The van der Waals surface area contributed by atoms with Crippen molar-refractivity contribution in [3.63, 3.8) is 0 Å². The minimum atomic E-state index is 0.420. The molecule has 2 aromatic carbocycles. The summed E-state index contributed by atoms with van der Waals surface area (Å²) in [5.74, 6) is 0. The van der Waals surface area contributed by atoms with Crippen LogP contribution in [0.5, 0.6) is 0 Å². The van der Waals surface area contributed by atoms with Crippen LogP contribution in [0.25, 0.3) is 4.91 Å². The Balaban J connectivity index is 1.63. The molecule has 0 spiro atoms. The van der Waals surface area contributed by atoms with Gasteiger partial charge in [-0.05, 0) is 112 Å². The van der Waals surface area contributed by atoms with Crippen molar-refractivity contribution in [3.8, 4) is 0 Å². The normalized spacial score (nSPS) is 15.7. The molecule has 0 aromatic heterocycles. The van der Waals surface area contributed by atoms with Gasteiger partial charge >= 0.3 is 0 Å². The van der Waals surface area contributed by atoms with Gasteiger partial charge in [-0.15, -0.1) is 0 Å². The molecule has 0 bridgehead atoms. The number of fused-ring (bicyclic) bond motifs is 1. The molecule has 0 fully saturated rings. The van der Waals surface area contributed by atoms with Crippen LogP contribution < -0.4 is 0 Å². The molecule has 0 radical (unpaired) electrons. The summed E-state index contributed by atoms with van der Waals surface area (Å²) in [5, 5.41) is 2.19. The molecular weight excluding hydrogens is 459 g/mol. The number of allylic oxidation sites excluding steroid dienone is 1. The molecule has 0 aliphatic heterocycles. The third-order valence-electron chi connectivity index (χ3n) is 5.53. The Labute approximate surface area is 182 Å². The van der Waals surface area contributed by atoms with Crippen molar-refractivity contribution >= 4 is 39.3 Å². The van der Waals surface area contributed by atoms with Gasteiger partial charge in [0.15, 0.2) is 0 Å². The van der Waals surface area contributed by atoms with Gasteiger partial charge in [-0.1, -0.05) is 62.5 Å². The number of thioether (sulfide) groups is 1. The molecular formula is C25H29IS. The van der Waals surface area contributed by atoms with Gasteiger partial charge in [-0.3, -0.25) is 0 Å². The highest BCUT2D eigenvalue weighted by molar-refractivity contribution is 14.1. The molecule has 0 unspecified atom stereocenters. The van der Waals surface area contributed by atoms with Crippen LogP contribution in [-0.4, -0.2) is 0 Å². The van der Waals surface area contributed by atoms with E-state index in [1.54, 1.807) is 11.8 Å². The number of hydrogen-bond donors (Lipinski definition) is 0. The molecule has 2 heteroatoms. The monoisotopic (exact) mass is 488 g/mol. The van der Waals surface area contributed by atoms with E-state index in [1.165, 1.54) is 56.2 Å². The molecule has 1 aliphatic rings. The van der Waals surface area contributed by atoms with Crippen molar-refractivity contribution in [2.75, 3.05) is 0 Å². The second-order valence-corrected chi connectivity index (χ2v) is 10.6. The largest absolute Gasteiger partial charge is 0.0984 e. The fraction of sp³-hybridized carbons (Fsp3) is 0.360. The van der Waals surface area contributed by atoms with Crippen LogP contribution in [0.4, 0.5) is 0 Å². The van der Waals surface area contributed by atoms with Crippen molar-refractivity contribution in [1.29, 1.82) is 0 Å². The Kier molecular flexibility index (Phi) is 6.58. The van der Waals surface area contributed by atoms with Crippen LogP contribution in [0.2, 0.25) is 0 Å². The first-order valence-electron chi connectivity index (χ1n) is 9.63. The van der Waals surface area contributed by atoms with Crippen LogP contribution in [0, 0.1) is 22.8 Å². The maximum Gasteiger partial charge on any atom is 0.0162 e. The molecule has 0 saturated heterocycles. The molecule has 142 valence electrons. The number of hydrogen-bond acceptors (Lipinski definition) is 1. The first-order chi connectivity index (χ1) is 12.7. The smallest absolute Gasteiger partial charge is 0.0162 e. The van der Waals surface area contributed by atoms with E-state index in [1.807, 2.05) is 0 Å². The van der Waals surface area contributed by atoms with Crippen LogP contribution >= 0.6 is 34.4 Å². The zero-order valence-electron chi connectivity index (χ0n) is 16.9. The lowest BCUT2D eigenvalue weighted by Crippen LogP contribution is -2.22. The third-order valence-corrected chi connectivity index (χ3v) is 7.54. The number of halogens is 1. The van der Waals surface area contributed by atoms with Gasteiger partial charge < -0.3 is 0 Å². The maximum absolute atomic E-state index is 4.31. The average molecular weight is 488 g/mol. The zero-order chi connectivity index (χ0) is 19.6. The number of benzene rings is 2. The summed E-state index contributed by atoms with van der Waals surface area (Å²) in [5.41, 5.74) is 8.86. The molecule has 0 saturated carbocycles. The summed E-state index contributed by atoms with van der Waals surface area (Å²) in [6.07, 6.45) is 6.90. The first-order valence-corrected chi connectivity index (χ1v) is 11.6. The average Bonchev–Trinajstić information content (AvgIpc) is 2.61. The molecule has 0 N–H and O–H groups in total. The maximum atomic E-state index is 4.31. The Morgan fingerprint density at radius 1 is 1.15 bits per heavy atom. The van der Waals surface area contributed by atoms with Gasteiger partial charge in [0.05, 0.1) is 0 Å². The quantitative estimate of drug-likeness (QED) is 0.386. The topological polar surface area (TPSA) is 0 Å². The predicted octanol–water partition coefficient (Wildman–Crippen LogP) is 7.88. The van der Waals surface area contributed by atoms with Gasteiger partial charge in [0, 0.05) is 8.48 Å². The molecule has 0 heterocycles. The van der Waals surface area contributed by atoms with E-state index in [-0.39, 0.29) is 0 Å². The number of rotatable bonds is 5. The SMILES string of the molecule is C=C(S/C=C/Cc1cc(C)c(I)cc1C)c1ccc2c(c1)CC(C)(C)CC2. The van der Waals surface area contributed by atoms with E-state index in [0.29, 0.717) is 5.41 Å². The molecule has 1 aliphatic carbocycles. The standard InChI is InChI=1S/C25H29IS/c1-17-14-24(26)18(2)13-21(17)7-6-12-27-19(3)22-9-8-20-10-11-25(4,5)16-23(20)15-22/h6,8-9,12-15H,3,7,10-11,16H2,1-2,4-5H3/b12-6+. The van der Waals surface area contributed by atoms with Gasteiger partial charge in [-0.25, -0.2) is 0 Å². The van der Waals surface area contributed by atoms with Crippen LogP contribution in [0.3, 0.4) is 0 Å². The fourth-order valence-corrected chi connectivity index (χ4v) is 4.96. The van der Waals surface area contributed by atoms with Gasteiger partial charge in [0.2, 0.25) is 0 Å². The first kappa shape index (κ1) is 20.7. The number of aryl methyl sites for hydroxylation is 3. The van der Waals surface area contributed by atoms with Crippen LogP contribution in [0.15, 0.2) is 48.4 Å². The molecule has 2 aromatic rings. The van der Waals surface area contributed by atoms with E-state index in [9.17, 15) is 0 Å². The lowest BCUT2D eigenvalue weighted by atomic mass is 9.74. The Hall–Kier alpha value is -1.00. The second kappa shape index (κ2) is 8.57. The highest BCUT2D eigenvalue weighted by Gasteiger charge is 2.25.